The molecule has 19 heteroatoms. The Morgan fingerprint density at radius 2 is 1.71 bits per heavy atom. The third kappa shape index (κ3) is 6.97. The number of hydrogen-bond donors (Lipinski definition) is 4. The van der Waals surface area contributed by atoms with E-state index < -0.39 is 30.0 Å². The molecule has 0 bridgehead atoms. The molecule has 4 N–H and O–H groups in total. The summed E-state index contributed by atoms with van der Waals surface area (Å²) in [7, 11) is 0. The first kappa shape index (κ1) is 31.0. The average Bonchev–Trinajstić information content (AvgIpc) is 3.86. The molecule has 0 aliphatic heterocycles. The predicted octanol–water partition coefficient (Wildman–Crippen LogP) is 2.98. The highest BCUT2D eigenvalue weighted by molar-refractivity contribution is 5.87. The van der Waals surface area contributed by atoms with Gasteiger partial charge < -0.3 is 29.2 Å². The molecule has 6 aromatic rings. The summed E-state index contributed by atoms with van der Waals surface area (Å²) in [4.78, 5) is 16.6. The van der Waals surface area contributed by atoms with E-state index in [0.29, 0.717) is 17.4 Å². The highest BCUT2D eigenvalue weighted by atomic mass is 19.4. The highest BCUT2D eigenvalue weighted by Gasteiger charge is 2.34. The first-order valence-corrected chi connectivity index (χ1v) is 13.2. The van der Waals surface area contributed by atoms with Crippen molar-refractivity contribution in [1.29, 1.82) is 0 Å². The van der Waals surface area contributed by atoms with Gasteiger partial charge in [0.1, 0.15) is 23.5 Å². The summed E-state index contributed by atoms with van der Waals surface area (Å²) in [5.41, 5.74) is -0.628. The Hall–Kier alpha value is -6.96. The maximum atomic E-state index is 12.7. The quantitative estimate of drug-likeness (QED) is 0.144. The largest absolute Gasteiger partial charge is 0.476 e. The van der Waals surface area contributed by atoms with E-state index in [0.717, 1.165) is 9.58 Å². The fourth-order valence-corrected chi connectivity index (χ4v) is 3.81. The van der Waals surface area contributed by atoms with Crippen LogP contribution < -0.4 is 9.47 Å². The fraction of sp³-hybridized carbons (Fsp3) is 0.0690. The number of carboxylic acid groups (broad SMARTS) is 1. The van der Waals surface area contributed by atoms with Crippen molar-refractivity contribution in [2.45, 2.75) is 12.5 Å². The molecule has 16 nitrogen and oxygen atoms in total. The van der Waals surface area contributed by atoms with Crippen LogP contribution in [0.25, 0.3) is 0 Å². The fourth-order valence-electron chi connectivity index (χ4n) is 3.81. The highest BCUT2D eigenvalue weighted by Crippen LogP contribution is 2.29. The molecule has 0 aliphatic carbocycles. The van der Waals surface area contributed by atoms with Gasteiger partial charge in [-0.2, -0.15) is 22.9 Å². The molecule has 4 aromatic heterocycles. The van der Waals surface area contributed by atoms with Gasteiger partial charge in [0, 0.05) is 11.1 Å². The lowest BCUT2D eigenvalue weighted by Crippen LogP contribution is -2.17. The minimum Gasteiger partial charge on any atom is -0.476 e. The summed E-state index contributed by atoms with van der Waals surface area (Å²) in [6.07, 6.45) is -4.83. The lowest BCUT2D eigenvalue weighted by Gasteiger charge is -2.09. The van der Waals surface area contributed by atoms with Crippen molar-refractivity contribution < 1.29 is 47.2 Å². The number of aromatic carboxylic acids is 1. The molecule has 2 aromatic carbocycles. The van der Waals surface area contributed by atoms with E-state index in [1.807, 2.05) is 0 Å². The summed E-state index contributed by atoms with van der Waals surface area (Å²) in [6, 6.07) is 13.9. The molecule has 0 amide bonds. The summed E-state index contributed by atoms with van der Waals surface area (Å²) < 4.78 is 53.9. The molecule has 0 radical (unpaired) electrons. The molecule has 0 spiro atoms. The molecule has 6 rings (SSSR count). The summed E-state index contributed by atoms with van der Waals surface area (Å²) in [5, 5.41) is 50.6. The number of rotatable bonds is 7. The Morgan fingerprint density at radius 3 is 2.44 bits per heavy atom. The smallest absolute Gasteiger partial charge is 0.436 e. The number of H-pyrrole nitrogens is 1. The van der Waals surface area contributed by atoms with Gasteiger partial charge in [0.05, 0.1) is 6.20 Å². The lowest BCUT2D eigenvalue weighted by molar-refractivity contribution is -0.141. The van der Waals surface area contributed by atoms with Crippen molar-refractivity contribution in [2.24, 2.45) is 0 Å². The van der Waals surface area contributed by atoms with Crippen molar-refractivity contribution >= 4 is 5.97 Å². The second-order valence-electron chi connectivity index (χ2n) is 9.25. The van der Waals surface area contributed by atoms with E-state index >= 15 is 0 Å². The van der Waals surface area contributed by atoms with Gasteiger partial charge in [-0.1, -0.05) is 33.3 Å². The maximum absolute atomic E-state index is 12.7. The van der Waals surface area contributed by atoms with Gasteiger partial charge in [0.25, 0.3) is 17.7 Å². The van der Waals surface area contributed by atoms with E-state index in [2.05, 4.69) is 59.5 Å². The van der Waals surface area contributed by atoms with Gasteiger partial charge in [0.2, 0.25) is 12.0 Å². The van der Waals surface area contributed by atoms with Crippen molar-refractivity contribution in [1.82, 2.24) is 45.4 Å². The lowest BCUT2D eigenvalue weighted by atomic mass is 10.2. The first-order valence-electron chi connectivity index (χ1n) is 13.2. The third-order valence-corrected chi connectivity index (χ3v) is 5.96. The predicted molar refractivity (Wildman–Crippen MR) is 150 cm³/mol. The normalized spacial score (nSPS) is 11.0. The Kier molecular flexibility index (Phi) is 8.28. The molecule has 4 heterocycles. The molecular weight excluding hydrogens is 643 g/mol. The number of alkyl halides is 3. The number of aromatic amines is 1. The van der Waals surface area contributed by atoms with Crippen LogP contribution in [-0.2, 0) is 6.18 Å². The molecule has 0 saturated carbocycles. The molecular formula is C29H16F3N9O7. The number of oxazole rings is 1. The van der Waals surface area contributed by atoms with Crippen molar-refractivity contribution in [3.8, 4) is 46.9 Å². The number of nitrogens with zero attached hydrogens (tertiary/aromatic N) is 8. The zero-order chi connectivity index (χ0) is 33.8. The summed E-state index contributed by atoms with van der Waals surface area (Å²) >= 11 is 0. The standard InChI is InChI=1S/C29H16F3N9O7/c30-29(31,32)21-15-46-22(33-21)11-7-16-5-9-19(10-6-16)47-26-24(28(44)45)41(39-36-26)40-13-12-18(37-40)8-4-17-2-1-3-20(14-17)48-25-23(27(42)43)34-38-35-25/h1-3,5-6,9-10,12-15,28,44-45H,(H,42,43)(H,34,35,38). The second-order valence-corrected chi connectivity index (χ2v) is 9.25. The number of aliphatic hydroxyl groups is 2. The second kappa shape index (κ2) is 12.8. The van der Waals surface area contributed by atoms with Crippen molar-refractivity contribution in [2.75, 3.05) is 0 Å². The average molecular weight is 659 g/mol. The van der Waals surface area contributed by atoms with Crippen LogP contribution in [0.3, 0.4) is 0 Å². The first-order chi connectivity index (χ1) is 23.0. The van der Waals surface area contributed by atoms with E-state index in [1.165, 1.54) is 36.5 Å². The van der Waals surface area contributed by atoms with E-state index in [9.17, 15) is 33.3 Å². The minimum absolute atomic E-state index is 0.200. The van der Waals surface area contributed by atoms with Gasteiger partial charge in [-0.3, -0.25) is 0 Å². The molecule has 0 atom stereocenters. The number of ether oxygens (including phenoxy) is 2. The van der Waals surface area contributed by atoms with Crippen LogP contribution in [0, 0.1) is 23.7 Å². The number of nitrogens with one attached hydrogen (secondary N) is 1. The molecule has 0 aliphatic rings. The number of aromatic nitrogens is 9. The number of hydrogen-bond acceptors (Lipinski definition) is 12. The molecule has 48 heavy (non-hydrogen) atoms. The third-order valence-electron chi connectivity index (χ3n) is 5.96. The monoisotopic (exact) mass is 659 g/mol. The van der Waals surface area contributed by atoms with Crippen molar-refractivity contribution in [3.05, 3.63) is 107 Å². The number of halogens is 3. The van der Waals surface area contributed by atoms with Crippen LogP contribution in [0.15, 0.2) is 71.5 Å². The van der Waals surface area contributed by atoms with Crippen LogP contribution in [0.4, 0.5) is 13.2 Å². The van der Waals surface area contributed by atoms with Crippen LogP contribution >= 0.6 is 0 Å². The van der Waals surface area contributed by atoms with Crippen LogP contribution in [0.5, 0.6) is 23.3 Å². The van der Waals surface area contributed by atoms with Crippen LogP contribution in [0.1, 0.15) is 50.9 Å². The Labute approximate surface area is 265 Å². The number of aliphatic hydroxyl groups excluding tert-OH is 1. The maximum Gasteiger partial charge on any atom is 0.436 e. The van der Waals surface area contributed by atoms with Gasteiger partial charge in [-0.05, 0) is 65.6 Å². The minimum atomic E-state index is -4.65. The molecule has 240 valence electrons. The Bertz CT molecular complexity index is 2230. The molecule has 0 fully saturated rings. The van der Waals surface area contributed by atoms with Gasteiger partial charge in [-0.15, -0.1) is 9.89 Å². The zero-order valence-electron chi connectivity index (χ0n) is 23.6. The van der Waals surface area contributed by atoms with Gasteiger partial charge >= 0.3 is 12.1 Å². The van der Waals surface area contributed by atoms with E-state index in [1.54, 1.807) is 24.3 Å². The van der Waals surface area contributed by atoms with E-state index in [-0.39, 0.29) is 40.3 Å². The number of benzene rings is 2. The molecule has 0 unspecified atom stereocenters. The summed E-state index contributed by atoms with van der Waals surface area (Å²) in [6.45, 7) is 0. The van der Waals surface area contributed by atoms with Gasteiger partial charge in [-0.25, -0.2) is 9.89 Å². The van der Waals surface area contributed by atoms with Crippen molar-refractivity contribution in [3.63, 3.8) is 0 Å². The number of carboxylic acids is 1. The van der Waals surface area contributed by atoms with Crippen LogP contribution in [-0.4, -0.2) is 66.7 Å². The number of carbonyl (C=O) groups is 1. The topological polar surface area (TPSA) is 212 Å². The zero-order valence-corrected chi connectivity index (χ0v) is 23.6. The molecule has 0 saturated heterocycles. The Balaban J connectivity index is 1.15. The van der Waals surface area contributed by atoms with E-state index in [4.69, 9.17) is 13.9 Å². The van der Waals surface area contributed by atoms with Gasteiger partial charge in [0.15, 0.2) is 11.4 Å². The Morgan fingerprint density at radius 1 is 0.938 bits per heavy atom. The SMILES string of the molecule is O=C(O)c1[nH]nnc1Oc1cccc(C#Cc2ccn(-n3nnc(Oc4ccc(C#Cc5nc(C(F)(F)F)co5)cc4)c3C(O)O)n2)c1. The van der Waals surface area contributed by atoms with Crippen LogP contribution in [0.2, 0.25) is 0 Å². The summed E-state index contributed by atoms with van der Waals surface area (Å²) in [5.74, 6) is 9.03.